The van der Waals surface area contributed by atoms with E-state index >= 15 is 0 Å². The average molecular weight is 274 g/mol. The highest BCUT2D eigenvalue weighted by molar-refractivity contribution is 6.30. The molecule has 2 heteroatoms. The van der Waals surface area contributed by atoms with E-state index in [-0.39, 0.29) is 0 Å². The molecule has 0 radical (unpaired) electrons. The van der Waals surface area contributed by atoms with Crippen molar-refractivity contribution >= 4 is 17.3 Å². The number of benzene rings is 2. The molecule has 2 rings (SSSR count). The third-order valence-electron chi connectivity index (χ3n) is 3.01. The van der Waals surface area contributed by atoms with E-state index in [4.69, 9.17) is 11.6 Å². The summed E-state index contributed by atoms with van der Waals surface area (Å²) in [5.74, 6) is 0.707. The van der Waals surface area contributed by atoms with Crippen LogP contribution in [0.25, 0.3) is 0 Å². The molecule has 0 aliphatic carbocycles. The van der Waals surface area contributed by atoms with E-state index in [2.05, 4.69) is 43.4 Å². The van der Waals surface area contributed by atoms with Crippen molar-refractivity contribution in [2.45, 2.75) is 26.8 Å². The molecule has 0 heterocycles. The molecule has 0 aliphatic rings. The molecule has 2 aromatic carbocycles. The standard InChI is InChI=1S/C17H20ClN/c1-13(2)11-14-3-5-15(6-4-14)12-19-17-9-7-16(18)8-10-17/h3-10,13,19H,11-12H2,1-2H3. The highest BCUT2D eigenvalue weighted by Crippen LogP contribution is 2.15. The molecule has 100 valence electrons. The maximum Gasteiger partial charge on any atom is 0.0407 e. The van der Waals surface area contributed by atoms with Crippen LogP contribution < -0.4 is 5.32 Å². The van der Waals surface area contributed by atoms with E-state index in [9.17, 15) is 0 Å². The molecule has 19 heavy (non-hydrogen) atoms. The van der Waals surface area contributed by atoms with Crippen LogP contribution in [0.3, 0.4) is 0 Å². The van der Waals surface area contributed by atoms with E-state index in [1.54, 1.807) is 0 Å². The summed E-state index contributed by atoms with van der Waals surface area (Å²) in [6, 6.07) is 16.6. The summed E-state index contributed by atoms with van der Waals surface area (Å²) in [6.07, 6.45) is 1.14. The number of hydrogen-bond acceptors (Lipinski definition) is 1. The predicted octanol–water partition coefficient (Wildman–Crippen LogP) is 5.15. The van der Waals surface area contributed by atoms with Gasteiger partial charge in [-0.05, 0) is 47.7 Å². The summed E-state index contributed by atoms with van der Waals surface area (Å²) in [7, 11) is 0. The van der Waals surface area contributed by atoms with Crippen molar-refractivity contribution in [1.29, 1.82) is 0 Å². The molecule has 0 spiro atoms. The Labute approximate surface area is 120 Å². The van der Waals surface area contributed by atoms with Crippen LogP contribution in [0.5, 0.6) is 0 Å². The zero-order valence-electron chi connectivity index (χ0n) is 11.5. The first-order valence-electron chi connectivity index (χ1n) is 6.71. The highest BCUT2D eigenvalue weighted by Gasteiger charge is 1.99. The van der Waals surface area contributed by atoms with Gasteiger partial charge in [-0.15, -0.1) is 0 Å². The summed E-state index contributed by atoms with van der Waals surface area (Å²) < 4.78 is 0. The Kier molecular flexibility index (Phi) is 4.86. The zero-order chi connectivity index (χ0) is 13.7. The summed E-state index contributed by atoms with van der Waals surface area (Å²) in [5, 5.41) is 4.16. The van der Waals surface area contributed by atoms with Gasteiger partial charge in [-0.1, -0.05) is 49.7 Å². The molecular formula is C17H20ClN. The van der Waals surface area contributed by atoms with E-state index in [1.807, 2.05) is 24.3 Å². The van der Waals surface area contributed by atoms with Gasteiger partial charge in [0.25, 0.3) is 0 Å². The van der Waals surface area contributed by atoms with Crippen LogP contribution in [0.15, 0.2) is 48.5 Å². The summed E-state index contributed by atoms with van der Waals surface area (Å²) >= 11 is 5.86. The summed E-state index contributed by atoms with van der Waals surface area (Å²) in [5.41, 5.74) is 3.79. The van der Waals surface area contributed by atoms with E-state index < -0.39 is 0 Å². The summed E-state index contributed by atoms with van der Waals surface area (Å²) in [4.78, 5) is 0. The van der Waals surface area contributed by atoms with E-state index in [0.717, 1.165) is 23.7 Å². The minimum atomic E-state index is 0.707. The van der Waals surface area contributed by atoms with Gasteiger partial charge in [-0.3, -0.25) is 0 Å². The van der Waals surface area contributed by atoms with Crippen molar-refractivity contribution < 1.29 is 0 Å². The summed E-state index contributed by atoms with van der Waals surface area (Å²) in [6.45, 7) is 5.33. The fourth-order valence-corrected chi connectivity index (χ4v) is 2.16. The number of anilines is 1. The first kappa shape index (κ1) is 14.0. The van der Waals surface area contributed by atoms with Gasteiger partial charge in [0.05, 0.1) is 0 Å². The van der Waals surface area contributed by atoms with Crippen molar-refractivity contribution in [3.05, 3.63) is 64.7 Å². The lowest BCUT2D eigenvalue weighted by Gasteiger charge is -2.08. The monoisotopic (exact) mass is 273 g/mol. The van der Waals surface area contributed by atoms with Gasteiger partial charge in [0, 0.05) is 17.3 Å². The van der Waals surface area contributed by atoms with Gasteiger partial charge in [-0.2, -0.15) is 0 Å². The molecule has 0 fully saturated rings. The fraction of sp³-hybridized carbons (Fsp3) is 0.294. The molecule has 0 aromatic heterocycles. The van der Waals surface area contributed by atoms with Gasteiger partial charge in [0.1, 0.15) is 0 Å². The average Bonchev–Trinajstić information content (AvgIpc) is 2.39. The smallest absolute Gasteiger partial charge is 0.0407 e. The van der Waals surface area contributed by atoms with Crippen molar-refractivity contribution in [1.82, 2.24) is 0 Å². The van der Waals surface area contributed by atoms with Crippen LogP contribution in [-0.4, -0.2) is 0 Å². The van der Waals surface area contributed by atoms with Crippen molar-refractivity contribution in [2.75, 3.05) is 5.32 Å². The normalized spacial score (nSPS) is 10.7. The zero-order valence-corrected chi connectivity index (χ0v) is 12.2. The molecule has 2 aromatic rings. The number of nitrogens with one attached hydrogen (secondary N) is 1. The van der Waals surface area contributed by atoms with Gasteiger partial charge < -0.3 is 5.32 Å². The van der Waals surface area contributed by atoms with Gasteiger partial charge in [0.2, 0.25) is 0 Å². The van der Waals surface area contributed by atoms with E-state index in [1.165, 1.54) is 11.1 Å². The molecule has 1 N–H and O–H groups in total. The van der Waals surface area contributed by atoms with Crippen LogP contribution in [0.4, 0.5) is 5.69 Å². The number of halogens is 1. The van der Waals surface area contributed by atoms with Crippen LogP contribution in [0.1, 0.15) is 25.0 Å². The molecule has 0 saturated carbocycles. The molecule has 0 saturated heterocycles. The Morgan fingerprint density at radius 1 is 0.895 bits per heavy atom. The molecule has 0 bridgehead atoms. The van der Waals surface area contributed by atoms with Crippen molar-refractivity contribution in [2.24, 2.45) is 5.92 Å². The topological polar surface area (TPSA) is 12.0 Å². The van der Waals surface area contributed by atoms with Crippen molar-refractivity contribution in [3.8, 4) is 0 Å². The van der Waals surface area contributed by atoms with Crippen LogP contribution in [-0.2, 0) is 13.0 Å². The molecular weight excluding hydrogens is 254 g/mol. The molecule has 0 aliphatic heterocycles. The Morgan fingerprint density at radius 2 is 1.47 bits per heavy atom. The Hall–Kier alpha value is -1.47. The Balaban J connectivity index is 1.91. The van der Waals surface area contributed by atoms with E-state index in [0.29, 0.717) is 5.92 Å². The Morgan fingerprint density at radius 3 is 2.05 bits per heavy atom. The second-order valence-electron chi connectivity index (χ2n) is 5.27. The second kappa shape index (κ2) is 6.63. The lowest BCUT2D eigenvalue weighted by Crippen LogP contribution is -2.00. The SMILES string of the molecule is CC(C)Cc1ccc(CNc2ccc(Cl)cc2)cc1. The first-order valence-corrected chi connectivity index (χ1v) is 7.08. The van der Waals surface area contributed by atoms with Gasteiger partial charge >= 0.3 is 0 Å². The third kappa shape index (κ3) is 4.60. The lowest BCUT2D eigenvalue weighted by atomic mass is 10.0. The van der Waals surface area contributed by atoms with Crippen molar-refractivity contribution in [3.63, 3.8) is 0 Å². The molecule has 0 amide bonds. The minimum Gasteiger partial charge on any atom is -0.381 e. The fourth-order valence-electron chi connectivity index (χ4n) is 2.04. The maximum absolute atomic E-state index is 5.86. The largest absolute Gasteiger partial charge is 0.381 e. The van der Waals surface area contributed by atoms with Crippen LogP contribution >= 0.6 is 11.6 Å². The van der Waals surface area contributed by atoms with Gasteiger partial charge in [-0.25, -0.2) is 0 Å². The van der Waals surface area contributed by atoms with Crippen LogP contribution in [0, 0.1) is 5.92 Å². The van der Waals surface area contributed by atoms with Gasteiger partial charge in [0.15, 0.2) is 0 Å². The predicted molar refractivity (Wildman–Crippen MR) is 83.8 cm³/mol. The molecule has 0 atom stereocenters. The lowest BCUT2D eigenvalue weighted by molar-refractivity contribution is 0.647. The Bertz CT molecular complexity index is 500. The number of hydrogen-bond donors (Lipinski definition) is 1. The highest BCUT2D eigenvalue weighted by atomic mass is 35.5. The molecule has 0 unspecified atom stereocenters. The minimum absolute atomic E-state index is 0.707. The first-order chi connectivity index (χ1) is 9.13. The second-order valence-corrected chi connectivity index (χ2v) is 5.71. The number of rotatable bonds is 5. The third-order valence-corrected chi connectivity index (χ3v) is 3.26. The van der Waals surface area contributed by atoms with Crippen LogP contribution in [0.2, 0.25) is 5.02 Å². The maximum atomic E-state index is 5.86. The molecule has 1 nitrogen and oxygen atoms in total. The quantitative estimate of drug-likeness (QED) is 0.794.